The summed E-state index contributed by atoms with van der Waals surface area (Å²) in [7, 11) is 2.74. The number of nitrogens with one attached hydrogen (secondary N) is 2. The highest BCUT2D eigenvalue weighted by molar-refractivity contribution is 7.10. The van der Waals surface area contributed by atoms with Gasteiger partial charge in [-0.1, -0.05) is 33.6 Å². The molecule has 3 aromatic heterocycles. The van der Waals surface area contributed by atoms with Crippen LogP contribution in [0.4, 0.5) is 54.4 Å². The molecule has 3 fully saturated rings. The highest BCUT2D eigenvalue weighted by Crippen LogP contribution is 2.45. The van der Waals surface area contributed by atoms with Crippen LogP contribution in [0.25, 0.3) is 33.4 Å². The number of pyridine rings is 1. The predicted octanol–water partition coefficient (Wildman–Crippen LogP) is 8.14. The van der Waals surface area contributed by atoms with E-state index in [1.807, 2.05) is 0 Å². The highest BCUT2D eigenvalue weighted by Gasteiger charge is 2.42. The summed E-state index contributed by atoms with van der Waals surface area (Å²) in [6.45, 7) is 5.65. The van der Waals surface area contributed by atoms with Crippen molar-refractivity contribution in [3.05, 3.63) is 51.9 Å². The largest absolute Gasteiger partial charge is 0.464 e. The quantitative estimate of drug-likeness (QED) is 0.0898. The van der Waals surface area contributed by atoms with Crippen molar-refractivity contribution in [1.29, 1.82) is 0 Å². The van der Waals surface area contributed by atoms with Gasteiger partial charge >= 0.3 is 30.5 Å². The van der Waals surface area contributed by atoms with E-state index in [2.05, 4.69) is 16.7 Å². The summed E-state index contributed by atoms with van der Waals surface area (Å²) in [5.41, 5.74) is 2.75. The second-order valence-electron chi connectivity index (χ2n) is 21.9. The maximum Gasteiger partial charge on any atom is 0.457 e. The average molecular weight is 1160 g/mol. The zero-order valence-electron chi connectivity index (χ0n) is 45.0. The molecule has 4 aliphatic heterocycles. The molecule has 0 spiro atoms. The van der Waals surface area contributed by atoms with E-state index in [4.69, 9.17) is 19.4 Å². The Morgan fingerprint density at radius 3 is 2.30 bits per heavy atom. The summed E-state index contributed by atoms with van der Waals surface area (Å²) in [4.78, 5) is 71.5. The highest BCUT2D eigenvalue weighted by atomic mass is 32.1. The molecule has 3 saturated heterocycles. The van der Waals surface area contributed by atoms with Crippen molar-refractivity contribution in [2.45, 2.75) is 110 Å². The summed E-state index contributed by atoms with van der Waals surface area (Å²) in [6.07, 6.45) is -13.2. The molecule has 8 rings (SSSR count). The molecule has 436 valence electrons. The van der Waals surface area contributed by atoms with E-state index in [1.54, 1.807) is 45.6 Å². The summed E-state index contributed by atoms with van der Waals surface area (Å²) >= 11 is 1.01. The Morgan fingerprint density at radius 2 is 1.66 bits per heavy atom. The normalized spacial score (nSPS) is 20.6. The number of hydrogen-bond donors (Lipinski definition) is 2. The Bertz CT molecular complexity index is 3030. The van der Waals surface area contributed by atoms with Gasteiger partial charge < -0.3 is 34.1 Å². The number of aromatic nitrogens is 3. The fraction of sp³-hybridized carbons (Fsp3) is 0.585. The predicted molar refractivity (Wildman–Crippen MR) is 275 cm³/mol. The molecule has 4 amide bonds. The van der Waals surface area contributed by atoms with E-state index in [0.717, 1.165) is 26.9 Å². The first kappa shape index (κ1) is 59.9. The van der Waals surface area contributed by atoms with Gasteiger partial charge in [0.1, 0.15) is 30.5 Å². The number of piperazine rings is 1. The first-order valence-electron chi connectivity index (χ1n) is 26.0. The number of hydrazine groups is 1. The molecular weight excluding hydrogens is 1090 g/mol. The van der Waals surface area contributed by atoms with Crippen molar-refractivity contribution in [2.24, 2.45) is 17.3 Å². The second-order valence-corrected chi connectivity index (χ2v) is 22.8. The number of methoxy groups -OCH3 is 1. The van der Waals surface area contributed by atoms with Gasteiger partial charge in [0, 0.05) is 99.6 Å². The van der Waals surface area contributed by atoms with E-state index < -0.39 is 103 Å². The van der Waals surface area contributed by atoms with Crippen LogP contribution in [0.3, 0.4) is 0 Å². The van der Waals surface area contributed by atoms with Gasteiger partial charge in [-0.15, -0.1) is 11.3 Å². The van der Waals surface area contributed by atoms with E-state index in [0.29, 0.717) is 17.7 Å². The van der Waals surface area contributed by atoms with Crippen LogP contribution in [0.15, 0.2) is 29.8 Å². The number of urea groups is 1. The van der Waals surface area contributed by atoms with Crippen molar-refractivity contribution in [1.82, 2.24) is 45.0 Å². The topological polar surface area (TPSA) is 158 Å². The molecule has 16 nitrogen and oxygen atoms in total. The lowest BCUT2D eigenvalue weighted by molar-refractivity contribution is -0.155. The fourth-order valence-corrected chi connectivity index (χ4v) is 11.5. The molecule has 27 heteroatoms. The minimum Gasteiger partial charge on any atom is -0.464 e. The molecule has 2 N–H and O–H groups in total. The van der Waals surface area contributed by atoms with Crippen LogP contribution in [0.5, 0.6) is 0 Å². The molecule has 4 aliphatic rings. The Morgan fingerprint density at radius 1 is 0.975 bits per heavy atom. The molecule has 7 heterocycles. The van der Waals surface area contributed by atoms with Crippen molar-refractivity contribution < 1.29 is 72.6 Å². The second kappa shape index (κ2) is 23.3. The number of cyclic esters (lactones) is 1. The van der Waals surface area contributed by atoms with Crippen LogP contribution in [0.1, 0.15) is 69.8 Å². The average Bonchev–Trinajstić information content (AvgIpc) is 3.99. The minimum atomic E-state index is -4.87. The molecule has 0 saturated carbocycles. The summed E-state index contributed by atoms with van der Waals surface area (Å²) in [5, 5.41) is 5.84. The Hall–Kier alpha value is -6.24. The number of thiazole rings is 1. The van der Waals surface area contributed by atoms with Crippen molar-refractivity contribution in [3.63, 3.8) is 0 Å². The van der Waals surface area contributed by atoms with Crippen LogP contribution in [0.2, 0.25) is 0 Å². The SMILES string of the molecule is CO[C@@H](C)c1ncc(N2CCN(CC(F)(F)F)CC2)cc1-c1c2c3cc(c(F)cc3n1CC(F)(F)F)-c1csc(n1)C[C@H](NC(=O)[C@H](C(C)C)N(C)C(=O)N1CC(C#CC(F)(F)F)C1)C(=O)N1CCC[C@H](N1)C(=O)OCC(C)(C)C2. The molecule has 4 aromatic rings. The number of likely N-dealkylation sites (N-methyl/N-ethyl adjacent to an activating group) is 1. The van der Waals surface area contributed by atoms with Crippen molar-refractivity contribution in [2.75, 3.05) is 78.0 Å². The van der Waals surface area contributed by atoms with Crippen LogP contribution in [0, 0.1) is 34.9 Å². The first-order chi connectivity index (χ1) is 37.4. The third-order valence-electron chi connectivity index (χ3n) is 14.6. The van der Waals surface area contributed by atoms with E-state index in [-0.39, 0.29) is 116 Å². The molecule has 0 aliphatic carbocycles. The number of halogens is 10. The Kier molecular flexibility index (Phi) is 17.5. The zero-order valence-corrected chi connectivity index (χ0v) is 45.8. The van der Waals surface area contributed by atoms with Gasteiger partial charge in [0.15, 0.2) is 0 Å². The number of rotatable bonds is 10. The van der Waals surface area contributed by atoms with Gasteiger partial charge in [-0.3, -0.25) is 29.3 Å². The number of anilines is 1. The van der Waals surface area contributed by atoms with Gasteiger partial charge in [-0.05, 0) is 55.9 Å². The number of likely N-dealkylation sites (tertiary alicyclic amines) is 1. The third kappa shape index (κ3) is 13.9. The molecule has 0 unspecified atom stereocenters. The maximum absolute atomic E-state index is 17.0. The molecule has 80 heavy (non-hydrogen) atoms. The van der Waals surface area contributed by atoms with Gasteiger partial charge in [0.05, 0.1) is 64.7 Å². The Labute approximate surface area is 459 Å². The van der Waals surface area contributed by atoms with Gasteiger partial charge in [0.25, 0.3) is 5.91 Å². The van der Waals surface area contributed by atoms with E-state index in [9.17, 15) is 45.5 Å². The van der Waals surface area contributed by atoms with E-state index >= 15 is 17.6 Å². The minimum absolute atomic E-state index is 0.00338. The number of hydrogen-bond acceptors (Lipinski definition) is 12. The van der Waals surface area contributed by atoms with Crippen LogP contribution < -0.4 is 15.6 Å². The molecule has 4 atom stereocenters. The summed E-state index contributed by atoms with van der Waals surface area (Å²) in [6, 6.07) is -0.375. The molecule has 6 bridgehead atoms. The number of amides is 4. The number of fused-ring (bicyclic) bond motifs is 6. The summed E-state index contributed by atoms with van der Waals surface area (Å²) in [5.74, 6) is -1.16. The van der Waals surface area contributed by atoms with Crippen LogP contribution in [-0.2, 0) is 43.2 Å². The number of esters is 1. The third-order valence-corrected chi connectivity index (χ3v) is 15.5. The number of carbonyl (C=O) groups excluding carboxylic acids is 4. The lowest BCUT2D eigenvalue weighted by atomic mass is 9.84. The molecular formula is C53H62F10N10O6S. The van der Waals surface area contributed by atoms with E-state index in [1.165, 1.54) is 52.5 Å². The number of benzene rings is 1. The smallest absolute Gasteiger partial charge is 0.457 e. The van der Waals surface area contributed by atoms with Crippen LogP contribution >= 0.6 is 11.3 Å². The molecule has 0 radical (unpaired) electrons. The monoisotopic (exact) mass is 1160 g/mol. The molecule has 1 aromatic carbocycles. The summed E-state index contributed by atoms with van der Waals surface area (Å²) < 4.78 is 153. The lowest BCUT2D eigenvalue weighted by Gasteiger charge is -2.41. The Balaban J connectivity index is 1.21. The fourth-order valence-electron chi connectivity index (χ4n) is 10.7. The zero-order chi connectivity index (χ0) is 58.4. The first-order valence-corrected chi connectivity index (χ1v) is 26.9. The van der Waals surface area contributed by atoms with Gasteiger partial charge in [-0.25, -0.2) is 19.6 Å². The lowest BCUT2D eigenvalue weighted by Crippen LogP contribution is -2.63. The standard InChI is InChI=1S/C53H62F10N10O6S/c1-29(2)44(68(6)49(77)71-23-31(24-71)10-11-51(55,56)57)46(74)66-39-20-42-65-40(25-80-42)34-18-33-36(21-50(4,5)28-79-48(76)38-9-8-12-73(67-38)47(39)75)45(72(27-53(61,62)63)41(33)19-37(34)54)35-17-32(22-64-43(35)30(3)78-7)70-15-13-69(14-16-70)26-52(58,59)60/h17-19,22,25,29-31,38-39,44,67H,8-9,12-16,20-21,23-24,26-28H2,1-7H3,(H,66,74)/t30-,38-,39-,44-/m0/s1. The van der Waals surface area contributed by atoms with Crippen molar-refractivity contribution >= 4 is 51.7 Å². The van der Waals surface area contributed by atoms with Gasteiger partial charge in [-0.2, -0.15) is 39.5 Å². The number of ether oxygens (including phenoxy) is 2. The van der Waals surface area contributed by atoms with Crippen molar-refractivity contribution in [3.8, 4) is 34.4 Å². The number of carbonyl (C=O) groups is 4. The van der Waals surface area contributed by atoms with Gasteiger partial charge in [0.2, 0.25) is 5.91 Å². The number of alkyl halides is 9. The number of nitrogens with zero attached hydrogens (tertiary/aromatic N) is 8. The maximum atomic E-state index is 17.0. The van der Waals surface area contributed by atoms with Crippen LogP contribution in [-0.4, -0.2) is 168 Å².